The molecule has 136 valence electrons. The van der Waals surface area contributed by atoms with Crippen molar-refractivity contribution in [1.82, 2.24) is 4.90 Å². The molecular weight excluding hydrogens is 328 g/mol. The van der Waals surface area contributed by atoms with E-state index in [4.69, 9.17) is 0 Å². The van der Waals surface area contributed by atoms with Gasteiger partial charge >= 0.3 is 0 Å². The van der Waals surface area contributed by atoms with E-state index >= 15 is 0 Å². The number of hydrogen-bond acceptors (Lipinski definition) is 1. The van der Waals surface area contributed by atoms with E-state index in [9.17, 15) is 8.78 Å². The van der Waals surface area contributed by atoms with Crippen LogP contribution in [0.2, 0.25) is 0 Å². The maximum atomic E-state index is 14.3. The van der Waals surface area contributed by atoms with Crippen molar-refractivity contribution < 1.29 is 8.78 Å². The largest absolute Gasteiger partial charge is 0.289 e. The number of aryl methyl sites for hydroxylation is 1. The lowest BCUT2D eigenvalue weighted by atomic mass is 9.82. The minimum absolute atomic E-state index is 0.370. The summed E-state index contributed by atoms with van der Waals surface area (Å²) < 4.78 is 28.1. The topological polar surface area (TPSA) is 3.24 Å². The van der Waals surface area contributed by atoms with E-state index < -0.39 is 11.6 Å². The molecule has 2 unspecified atom stereocenters. The summed E-state index contributed by atoms with van der Waals surface area (Å²) in [4.78, 5) is 2.59. The van der Waals surface area contributed by atoms with Crippen LogP contribution in [0.4, 0.5) is 8.78 Å². The van der Waals surface area contributed by atoms with Gasteiger partial charge in [-0.1, -0.05) is 60.5 Å². The van der Waals surface area contributed by atoms with E-state index in [-0.39, 0.29) is 0 Å². The van der Waals surface area contributed by atoms with Crippen molar-refractivity contribution >= 4 is 0 Å². The zero-order valence-electron chi connectivity index (χ0n) is 15.2. The van der Waals surface area contributed by atoms with Crippen molar-refractivity contribution in [3.8, 4) is 0 Å². The quantitative estimate of drug-likeness (QED) is 0.650. The molecule has 0 amide bonds. The summed E-state index contributed by atoms with van der Waals surface area (Å²) in [5.74, 6) is -1.38. The number of rotatable bonds is 4. The van der Waals surface area contributed by atoms with Gasteiger partial charge < -0.3 is 0 Å². The van der Waals surface area contributed by atoms with Crippen LogP contribution in [0, 0.1) is 18.6 Å². The minimum Gasteiger partial charge on any atom is -0.289 e. The molecule has 1 nitrogen and oxygen atoms in total. The smallest absolute Gasteiger partial charge is 0.162 e. The summed E-state index contributed by atoms with van der Waals surface area (Å²) in [7, 11) is 0. The van der Waals surface area contributed by atoms with Gasteiger partial charge in [-0.2, -0.15) is 0 Å². The fraction of sp³-hybridized carbons (Fsp3) is 0.391. The predicted octanol–water partition coefficient (Wildman–Crippen LogP) is 5.57. The third-order valence-electron chi connectivity index (χ3n) is 5.84. The summed E-state index contributed by atoms with van der Waals surface area (Å²) in [6.45, 7) is 2.57. The first kappa shape index (κ1) is 17.4. The van der Waals surface area contributed by atoms with Crippen LogP contribution in [-0.4, -0.2) is 17.0 Å². The van der Waals surface area contributed by atoms with E-state index in [1.165, 1.54) is 24.0 Å². The average Bonchev–Trinajstić information content (AvgIpc) is 2.64. The van der Waals surface area contributed by atoms with Crippen molar-refractivity contribution in [2.24, 2.45) is 0 Å². The van der Waals surface area contributed by atoms with Gasteiger partial charge in [-0.15, -0.1) is 0 Å². The molecule has 2 aliphatic rings. The van der Waals surface area contributed by atoms with Gasteiger partial charge in [0.2, 0.25) is 0 Å². The highest BCUT2D eigenvalue weighted by atomic mass is 19.2. The van der Waals surface area contributed by atoms with Crippen LogP contribution in [-0.2, 0) is 13.0 Å². The Kier molecular flexibility index (Phi) is 4.90. The molecule has 0 spiro atoms. The highest BCUT2D eigenvalue weighted by molar-refractivity contribution is 5.31. The maximum absolute atomic E-state index is 14.3. The minimum atomic E-state index is -0.704. The fourth-order valence-electron chi connectivity index (χ4n) is 4.45. The summed E-state index contributed by atoms with van der Waals surface area (Å²) >= 11 is 0. The number of fused-ring (bicyclic) bond motifs is 2. The summed E-state index contributed by atoms with van der Waals surface area (Å²) in [6.07, 6.45) is 7.38. The lowest BCUT2D eigenvalue weighted by Crippen LogP contribution is -2.48. The molecule has 2 aliphatic heterocycles. The van der Waals surface area contributed by atoms with Crippen LogP contribution >= 0.6 is 0 Å². The van der Waals surface area contributed by atoms with Crippen molar-refractivity contribution in [1.29, 1.82) is 0 Å². The molecule has 0 radical (unpaired) electrons. The third kappa shape index (κ3) is 3.45. The van der Waals surface area contributed by atoms with Gasteiger partial charge in [0.15, 0.2) is 11.6 Å². The molecule has 0 aromatic heterocycles. The molecule has 0 aliphatic carbocycles. The molecule has 3 heteroatoms. The number of nitrogens with zero attached hydrogens (tertiary/aromatic N) is 1. The Labute approximate surface area is 154 Å². The van der Waals surface area contributed by atoms with E-state index in [2.05, 4.69) is 35.2 Å². The standard InChI is InChI=1S/C23H25F2N/c1-16-10-11-19(23(25)22(16)24)12-18-13-20-8-5-9-21(14-18)26(20)15-17-6-3-2-4-7-17/h2-4,6-7,10-11,13,20-21H,5,8-9,12,14-15H2,1H3. The van der Waals surface area contributed by atoms with Crippen LogP contribution in [0.25, 0.3) is 0 Å². The van der Waals surface area contributed by atoms with Crippen LogP contribution in [0.5, 0.6) is 0 Å². The Hall–Kier alpha value is -2.00. The molecule has 2 aromatic carbocycles. The first-order valence-corrected chi connectivity index (χ1v) is 9.54. The molecule has 1 saturated heterocycles. The highest BCUT2D eigenvalue weighted by Gasteiger charge is 2.33. The van der Waals surface area contributed by atoms with Gasteiger partial charge in [0.25, 0.3) is 0 Å². The Morgan fingerprint density at radius 2 is 1.81 bits per heavy atom. The monoisotopic (exact) mass is 353 g/mol. The number of halogens is 2. The van der Waals surface area contributed by atoms with Crippen molar-refractivity contribution in [2.75, 3.05) is 0 Å². The van der Waals surface area contributed by atoms with Crippen LogP contribution in [0.3, 0.4) is 0 Å². The predicted molar refractivity (Wildman–Crippen MR) is 101 cm³/mol. The Morgan fingerprint density at radius 3 is 2.58 bits per heavy atom. The first-order valence-electron chi connectivity index (χ1n) is 9.54. The van der Waals surface area contributed by atoms with Gasteiger partial charge in [-0.25, -0.2) is 8.78 Å². The van der Waals surface area contributed by atoms with Gasteiger partial charge in [0, 0.05) is 18.6 Å². The fourth-order valence-corrected chi connectivity index (χ4v) is 4.45. The van der Waals surface area contributed by atoms with Gasteiger partial charge in [-0.3, -0.25) is 4.90 Å². The summed E-state index contributed by atoms with van der Waals surface area (Å²) in [6, 6.07) is 14.9. The van der Waals surface area contributed by atoms with Gasteiger partial charge in [0.05, 0.1) is 0 Å². The van der Waals surface area contributed by atoms with Crippen LogP contribution in [0.15, 0.2) is 54.1 Å². The molecule has 26 heavy (non-hydrogen) atoms. The van der Waals surface area contributed by atoms with E-state index in [0.717, 1.165) is 19.4 Å². The summed E-state index contributed by atoms with van der Waals surface area (Å²) in [5.41, 5.74) is 3.45. The zero-order chi connectivity index (χ0) is 18.1. The Bertz CT molecular complexity index is 812. The Balaban J connectivity index is 1.54. The molecule has 2 bridgehead atoms. The second-order valence-corrected chi connectivity index (χ2v) is 7.69. The summed E-state index contributed by atoms with van der Waals surface area (Å²) in [5, 5.41) is 0. The van der Waals surface area contributed by atoms with E-state index in [1.54, 1.807) is 19.1 Å². The highest BCUT2D eigenvalue weighted by Crippen LogP contribution is 2.35. The van der Waals surface area contributed by atoms with Crippen molar-refractivity contribution in [3.05, 3.63) is 82.4 Å². The number of benzene rings is 2. The lowest BCUT2D eigenvalue weighted by molar-refractivity contribution is 0.0880. The van der Waals surface area contributed by atoms with Gasteiger partial charge in [-0.05, 0) is 49.3 Å². The molecule has 2 aromatic rings. The van der Waals surface area contributed by atoms with E-state index in [0.29, 0.717) is 29.6 Å². The van der Waals surface area contributed by atoms with Crippen LogP contribution in [0.1, 0.15) is 42.4 Å². The first-order chi connectivity index (χ1) is 12.6. The normalized spacial score (nSPS) is 23.0. The second-order valence-electron chi connectivity index (χ2n) is 7.69. The number of hydrogen-bond donors (Lipinski definition) is 0. The Morgan fingerprint density at radius 1 is 1.00 bits per heavy atom. The maximum Gasteiger partial charge on any atom is 0.162 e. The molecule has 1 fully saturated rings. The van der Waals surface area contributed by atoms with Crippen LogP contribution < -0.4 is 0 Å². The molecule has 2 heterocycles. The van der Waals surface area contributed by atoms with Crippen molar-refractivity contribution in [2.45, 2.75) is 57.7 Å². The third-order valence-corrected chi connectivity index (χ3v) is 5.84. The van der Waals surface area contributed by atoms with Crippen molar-refractivity contribution in [3.63, 3.8) is 0 Å². The lowest BCUT2D eigenvalue weighted by Gasteiger charge is -2.45. The molecule has 0 N–H and O–H groups in total. The van der Waals surface area contributed by atoms with E-state index in [1.807, 2.05) is 6.07 Å². The molecule has 2 atom stereocenters. The molecular formula is C23H25F2N. The zero-order valence-corrected chi connectivity index (χ0v) is 15.2. The molecule has 4 rings (SSSR count). The molecule has 0 saturated carbocycles. The van der Waals surface area contributed by atoms with Gasteiger partial charge in [0.1, 0.15) is 0 Å². The SMILES string of the molecule is Cc1ccc(CC2=CC3CCCC(C2)N3Cc2ccccc2)c(F)c1F. The second kappa shape index (κ2) is 7.32. The number of piperidine rings is 1. The average molecular weight is 353 g/mol.